The van der Waals surface area contributed by atoms with Crippen molar-refractivity contribution in [3.05, 3.63) is 29.3 Å². The maximum atomic E-state index is 5.95. The Morgan fingerprint density at radius 3 is 2.38 bits per heavy atom. The fourth-order valence-electron chi connectivity index (χ4n) is 1.76. The van der Waals surface area contributed by atoms with Gasteiger partial charge in [0.25, 0.3) is 0 Å². The Bertz CT molecular complexity index is 344. The number of halogens is 1. The van der Waals surface area contributed by atoms with Gasteiger partial charge in [0.05, 0.1) is 0 Å². The molecule has 2 unspecified atom stereocenters. The van der Waals surface area contributed by atoms with Gasteiger partial charge in [0.15, 0.2) is 0 Å². The molecule has 0 aromatic heterocycles. The van der Waals surface area contributed by atoms with Gasteiger partial charge >= 0.3 is 0 Å². The van der Waals surface area contributed by atoms with Crippen molar-refractivity contribution in [3.8, 4) is 5.75 Å². The molecule has 90 valence electrons. The molecule has 1 rings (SSSR count). The van der Waals surface area contributed by atoms with Crippen molar-refractivity contribution in [1.82, 2.24) is 0 Å². The number of nitrogens with two attached hydrogens (primary N) is 1. The van der Waals surface area contributed by atoms with Crippen LogP contribution in [0.5, 0.6) is 5.75 Å². The fraction of sp³-hybridized carbons (Fsp3) is 0.538. The first-order chi connectivity index (χ1) is 7.30. The van der Waals surface area contributed by atoms with E-state index in [9.17, 15) is 0 Å². The summed E-state index contributed by atoms with van der Waals surface area (Å²) in [4.78, 5) is 0. The molecule has 0 aliphatic heterocycles. The van der Waals surface area contributed by atoms with Gasteiger partial charge < -0.3 is 10.5 Å². The smallest absolute Gasteiger partial charge is 0.121 e. The van der Waals surface area contributed by atoms with E-state index in [1.807, 2.05) is 31.2 Å². The Morgan fingerprint density at radius 2 is 1.94 bits per heavy atom. The van der Waals surface area contributed by atoms with Crippen molar-refractivity contribution in [2.45, 2.75) is 39.8 Å². The number of ether oxygens (including phenoxy) is 1. The summed E-state index contributed by atoms with van der Waals surface area (Å²) in [6.45, 7) is 8.31. The van der Waals surface area contributed by atoms with Crippen LogP contribution in [0.3, 0.4) is 0 Å². The molecule has 0 bridgehead atoms. The molecule has 1 aromatic rings. The Kier molecular flexibility index (Phi) is 4.22. The van der Waals surface area contributed by atoms with Crippen LogP contribution in [0.2, 0.25) is 5.02 Å². The Morgan fingerprint density at radius 1 is 1.31 bits per heavy atom. The maximum absolute atomic E-state index is 5.95. The van der Waals surface area contributed by atoms with Crippen LogP contribution in [-0.4, -0.2) is 12.1 Å². The third kappa shape index (κ3) is 3.69. The lowest BCUT2D eigenvalue weighted by atomic mass is 9.85. The minimum Gasteiger partial charge on any atom is -0.488 e. The van der Waals surface area contributed by atoms with E-state index in [1.165, 1.54) is 0 Å². The molecule has 2 nitrogen and oxygen atoms in total. The monoisotopic (exact) mass is 241 g/mol. The van der Waals surface area contributed by atoms with E-state index in [4.69, 9.17) is 22.1 Å². The zero-order valence-electron chi connectivity index (χ0n) is 10.3. The number of rotatable bonds is 3. The molecule has 16 heavy (non-hydrogen) atoms. The van der Waals surface area contributed by atoms with E-state index >= 15 is 0 Å². The van der Waals surface area contributed by atoms with Crippen LogP contribution in [0.25, 0.3) is 0 Å². The Balaban J connectivity index is 2.84. The molecular weight excluding hydrogens is 222 g/mol. The second kappa shape index (κ2) is 5.07. The van der Waals surface area contributed by atoms with Gasteiger partial charge in [-0.25, -0.2) is 0 Å². The molecule has 2 N–H and O–H groups in total. The lowest BCUT2D eigenvalue weighted by Crippen LogP contribution is -2.45. The van der Waals surface area contributed by atoms with Gasteiger partial charge in [0.1, 0.15) is 11.9 Å². The first kappa shape index (κ1) is 13.3. The van der Waals surface area contributed by atoms with E-state index in [0.717, 1.165) is 5.75 Å². The second-order valence-corrected chi connectivity index (χ2v) is 5.66. The highest BCUT2D eigenvalue weighted by atomic mass is 35.5. The molecule has 0 saturated heterocycles. The van der Waals surface area contributed by atoms with Crippen LogP contribution in [0.1, 0.15) is 27.7 Å². The molecular formula is C13H20ClNO. The van der Waals surface area contributed by atoms with E-state index in [2.05, 4.69) is 20.8 Å². The van der Waals surface area contributed by atoms with E-state index in [1.54, 1.807) is 0 Å². The average Bonchev–Trinajstić information content (AvgIpc) is 2.12. The Hall–Kier alpha value is -0.730. The van der Waals surface area contributed by atoms with Crippen molar-refractivity contribution < 1.29 is 4.74 Å². The normalized spacial score (nSPS) is 15.6. The molecule has 0 amide bonds. The summed E-state index contributed by atoms with van der Waals surface area (Å²) in [5, 5.41) is 0.676. The van der Waals surface area contributed by atoms with Gasteiger partial charge in [-0.1, -0.05) is 38.4 Å². The molecule has 0 saturated carbocycles. The predicted octanol–water partition coefficient (Wildman–Crippen LogP) is 3.48. The van der Waals surface area contributed by atoms with Crippen LogP contribution < -0.4 is 10.5 Å². The van der Waals surface area contributed by atoms with Gasteiger partial charge in [-0.3, -0.25) is 0 Å². The lowest BCUT2D eigenvalue weighted by molar-refractivity contribution is 0.0684. The predicted molar refractivity (Wildman–Crippen MR) is 69.0 cm³/mol. The fourth-order valence-corrected chi connectivity index (χ4v) is 1.94. The molecule has 0 radical (unpaired) electrons. The van der Waals surface area contributed by atoms with Crippen molar-refractivity contribution >= 4 is 11.6 Å². The van der Waals surface area contributed by atoms with Crippen molar-refractivity contribution in [1.29, 1.82) is 0 Å². The molecule has 0 fully saturated rings. The summed E-state index contributed by atoms with van der Waals surface area (Å²) in [5.74, 6) is 0.768. The summed E-state index contributed by atoms with van der Waals surface area (Å²) < 4.78 is 5.91. The Labute approximate surface area is 103 Å². The maximum Gasteiger partial charge on any atom is 0.121 e. The largest absolute Gasteiger partial charge is 0.488 e. The molecule has 0 heterocycles. The number of benzene rings is 1. The SMILES string of the molecule is CC(N)C(Oc1cccc(Cl)c1)C(C)(C)C. The molecule has 0 spiro atoms. The number of hydrogen-bond acceptors (Lipinski definition) is 2. The van der Waals surface area contributed by atoms with Gasteiger partial charge in [-0.05, 0) is 25.1 Å². The summed E-state index contributed by atoms with van der Waals surface area (Å²) in [5.41, 5.74) is 5.95. The molecule has 1 aromatic carbocycles. The lowest BCUT2D eigenvalue weighted by Gasteiger charge is -2.34. The van der Waals surface area contributed by atoms with Gasteiger partial charge in [-0.15, -0.1) is 0 Å². The quantitative estimate of drug-likeness (QED) is 0.880. The molecule has 3 heteroatoms. The zero-order valence-corrected chi connectivity index (χ0v) is 11.1. The van der Waals surface area contributed by atoms with Gasteiger partial charge in [0.2, 0.25) is 0 Å². The highest BCUT2D eigenvalue weighted by molar-refractivity contribution is 6.30. The summed E-state index contributed by atoms with van der Waals surface area (Å²) in [6, 6.07) is 7.37. The van der Waals surface area contributed by atoms with Crippen molar-refractivity contribution in [2.24, 2.45) is 11.1 Å². The van der Waals surface area contributed by atoms with Crippen LogP contribution in [0.4, 0.5) is 0 Å². The van der Waals surface area contributed by atoms with E-state index < -0.39 is 0 Å². The summed E-state index contributed by atoms with van der Waals surface area (Å²) in [7, 11) is 0. The van der Waals surface area contributed by atoms with Crippen LogP contribution in [0, 0.1) is 5.41 Å². The molecule has 2 atom stereocenters. The van der Waals surface area contributed by atoms with E-state index in [0.29, 0.717) is 5.02 Å². The zero-order chi connectivity index (χ0) is 12.3. The third-order valence-electron chi connectivity index (χ3n) is 2.39. The van der Waals surface area contributed by atoms with Crippen molar-refractivity contribution in [3.63, 3.8) is 0 Å². The standard InChI is InChI=1S/C13H20ClNO/c1-9(15)12(13(2,3)4)16-11-7-5-6-10(14)8-11/h5-9,12H,15H2,1-4H3. The first-order valence-corrected chi connectivity index (χ1v) is 5.86. The van der Waals surface area contributed by atoms with Crippen LogP contribution in [-0.2, 0) is 0 Å². The highest BCUT2D eigenvalue weighted by Crippen LogP contribution is 2.27. The molecule has 0 aliphatic rings. The third-order valence-corrected chi connectivity index (χ3v) is 2.63. The topological polar surface area (TPSA) is 35.2 Å². The number of hydrogen-bond donors (Lipinski definition) is 1. The first-order valence-electron chi connectivity index (χ1n) is 5.48. The average molecular weight is 242 g/mol. The van der Waals surface area contributed by atoms with Gasteiger partial charge in [0, 0.05) is 16.5 Å². The highest BCUT2D eigenvalue weighted by Gasteiger charge is 2.29. The van der Waals surface area contributed by atoms with Crippen molar-refractivity contribution in [2.75, 3.05) is 0 Å². The minimum atomic E-state index is -0.0361. The summed E-state index contributed by atoms with van der Waals surface area (Å²) >= 11 is 5.91. The van der Waals surface area contributed by atoms with Gasteiger partial charge in [-0.2, -0.15) is 0 Å². The molecule has 0 aliphatic carbocycles. The van der Waals surface area contributed by atoms with Crippen LogP contribution >= 0.6 is 11.6 Å². The summed E-state index contributed by atoms with van der Waals surface area (Å²) in [6.07, 6.45) is -0.0361. The van der Waals surface area contributed by atoms with Crippen LogP contribution in [0.15, 0.2) is 24.3 Å². The second-order valence-electron chi connectivity index (χ2n) is 5.22. The van der Waals surface area contributed by atoms with E-state index in [-0.39, 0.29) is 17.6 Å². The minimum absolute atomic E-state index is 0.00349.